The second-order valence-electron chi connectivity index (χ2n) is 4.97. The second-order valence-corrected chi connectivity index (χ2v) is 4.97. The van der Waals surface area contributed by atoms with E-state index in [9.17, 15) is 0 Å². The Bertz CT molecular complexity index is 426. The van der Waals surface area contributed by atoms with Crippen LogP contribution in [-0.2, 0) is 14.2 Å². The first-order valence-electron chi connectivity index (χ1n) is 7.90. The Kier molecular flexibility index (Phi) is 10.9. The Balaban J connectivity index is 2.23. The summed E-state index contributed by atoms with van der Waals surface area (Å²) in [6, 6.07) is 10.1. The Morgan fingerprint density at radius 1 is 1.09 bits per heavy atom. The third-order valence-electron chi connectivity index (χ3n) is 3.32. The van der Waals surface area contributed by atoms with Crippen molar-refractivity contribution in [2.45, 2.75) is 12.5 Å². The van der Waals surface area contributed by atoms with Crippen molar-refractivity contribution in [3.8, 4) is 0 Å². The summed E-state index contributed by atoms with van der Waals surface area (Å²) in [5, 5.41) is 6.55. The fraction of sp³-hybridized carbons (Fsp3) is 0.588. The molecule has 1 atom stereocenters. The molecule has 0 aromatic heterocycles. The molecule has 0 saturated heterocycles. The molecule has 0 radical (unpaired) electrons. The second kappa shape index (κ2) is 12.9. The lowest BCUT2D eigenvalue weighted by Gasteiger charge is -2.18. The monoisotopic (exact) mass is 323 g/mol. The van der Waals surface area contributed by atoms with Gasteiger partial charge >= 0.3 is 0 Å². The highest BCUT2D eigenvalue weighted by Crippen LogP contribution is 2.14. The fourth-order valence-corrected chi connectivity index (χ4v) is 2.04. The molecule has 0 aliphatic heterocycles. The van der Waals surface area contributed by atoms with Gasteiger partial charge in [0.1, 0.15) is 0 Å². The molecule has 0 aliphatic rings. The molecule has 1 unspecified atom stereocenters. The van der Waals surface area contributed by atoms with Crippen LogP contribution in [-0.4, -0.2) is 60.1 Å². The lowest BCUT2D eigenvalue weighted by molar-refractivity contribution is 0.0698. The van der Waals surface area contributed by atoms with Crippen molar-refractivity contribution in [2.75, 3.05) is 54.2 Å². The first-order chi connectivity index (χ1) is 11.3. The SMILES string of the molecule is CN=C(NCCCOCCOC)NCC(OC)c1ccccc1. The smallest absolute Gasteiger partial charge is 0.191 e. The number of nitrogens with zero attached hydrogens (tertiary/aromatic N) is 1. The van der Waals surface area contributed by atoms with E-state index in [2.05, 4.69) is 27.8 Å². The van der Waals surface area contributed by atoms with Crippen molar-refractivity contribution in [2.24, 2.45) is 4.99 Å². The van der Waals surface area contributed by atoms with Gasteiger partial charge in [0.15, 0.2) is 5.96 Å². The van der Waals surface area contributed by atoms with Crippen LogP contribution in [0.25, 0.3) is 0 Å². The molecule has 0 saturated carbocycles. The molecule has 130 valence electrons. The van der Waals surface area contributed by atoms with E-state index >= 15 is 0 Å². The Morgan fingerprint density at radius 2 is 1.87 bits per heavy atom. The average molecular weight is 323 g/mol. The molecule has 0 bridgehead atoms. The number of aliphatic imine (C=N–C) groups is 1. The van der Waals surface area contributed by atoms with Gasteiger partial charge in [-0.25, -0.2) is 0 Å². The topological polar surface area (TPSA) is 64.1 Å². The number of rotatable bonds is 11. The van der Waals surface area contributed by atoms with Crippen molar-refractivity contribution >= 4 is 5.96 Å². The van der Waals surface area contributed by atoms with Gasteiger partial charge < -0.3 is 24.8 Å². The Morgan fingerprint density at radius 3 is 2.52 bits per heavy atom. The zero-order valence-corrected chi connectivity index (χ0v) is 14.4. The van der Waals surface area contributed by atoms with E-state index in [1.807, 2.05) is 18.2 Å². The minimum Gasteiger partial charge on any atom is -0.382 e. The quantitative estimate of drug-likeness (QED) is 0.368. The molecule has 0 heterocycles. The minimum atomic E-state index is -0.00729. The van der Waals surface area contributed by atoms with Crippen molar-refractivity contribution < 1.29 is 14.2 Å². The molecule has 6 nitrogen and oxygen atoms in total. The van der Waals surface area contributed by atoms with Crippen molar-refractivity contribution in [3.63, 3.8) is 0 Å². The van der Waals surface area contributed by atoms with Crippen molar-refractivity contribution in [1.29, 1.82) is 0 Å². The molecule has 1 aromatic carbocycles. The van der Waals surface area contributed by atoms with Crippen LogP contribution in [0, 0.1) is 0 Å². The summed E-state index contributed by atoms with van der Waals surface area (Å²) >= 11 is 0. The zero-order chi connectivity index (χ0) is 16.8. The summed E-state index contributed by atoms with van der Waals surface area (Å²) in [5.41, 5.74) is 1.14. The molecular weight excluding hydrogens is 294 g/mol. The van der Waals surface area contributed by atoms with Crippen LogP contribution >= 0.6 is 0 Å². The van der Waals surface area contributed by atoms with Gasteiger partial charge in [0.05, 0.1) is 19.3 Å². The molecule has 0 spiro atoms. The highest BCUT2D eigenvalue weighted by atomic mass is 16.5. The van der Waals surface area contributed by atoms with Crippen molar-refractivity contribution in [1.82, 2.24) is 10.6 Å². The van der Waals surface area contributed by atoms with Gasteiger partial charge in [0.2, 0.25) is 0 Å². The minimum absolute atomic E-state index is 0.00729. The summed E-state index contributed by atoms with van der Waals surface area (Å²) in [5.74, 6) is 0.764. The summed E-state index contributed by atoms with van der Waals surface area (Å²) in [6.45, 7) is 3.43. The van der Waals surface area contributed by atoms with Crippen LogP contribution in [0.1, 0.15) is 18.1 Å². The molecule has 0 aliphatic carbocycles. The number of benzene rings is 1. The highest BCUT2D eigenvalue weighted by Gasteiger charge is 2.10. The molecular formula is C17H29N3O3. The van der Waals surface area contributed by atoms with Crippen molar-refractivity contribution in [3.05, 3.63) is 35.9 Å². The van der Waals surface area contributed by atoms with Gasteiger partial charge in [-0.05, 0) is 12.0 Å². The normalized spacial score (nSPS) is 12.9. The van der Waals surface area contributed by atoms with Crippen LogP contribution in [0.15, 0.2) is 35.3 Å². The molecule has 1 rings (SSSR count). The molecule has 2 N–H and O–H groups in total. The summed E-state index contributed by atoms with van der Waals surface area (Å²) in [4.78, 5) is 4.21. The molecule has 0 amide bonds. The fourth-order valence-electron chi connectivity index (χ4n) is 2.04. The van der Waals surface area contributed by atoms with Crippen LogP contribution in [0.4, 0.5) is 0 Å². The van der Waals surface area contributed by atoms with E-state index < -0.39 is 0 Å². The maximum absolute atomic E-state index is 5.53. The molecule has 0 fully saturated rings. The molecule has 6 heteroatoms. The number of hydrogen-bond acceptors (Lipinski definition) is 4. The van der Waals surface area contributed by atoms with Gasteiger partial charge in [0.25, 0.3) is 0 Å². The van der Waals surface area contributed by atoms with Crippen LogP contribution in [0.2, 0.25) is 0 Å². The Labute approximate surface area is 139 Å². The average Bonchev–Trinajstić information content (AvgIpc) is 2.60. The third kappa shape index (κ3) is 8.54. The van der Waals surface area contributed by atoms with Crippen LogP contribution in [0.3, 0.4) is 0 Å². The number of ether oxygens (including phenoxy) is 3. The van der Waals surface area contributed by atoms with Crippen LogP contribution < -0.4 is 10.6 Å². The van der Waals surface area contributed by atoms with Gasteiger partial charge in [-0.3, -0.25) is 4.99 Å². The predicted octanol–water partition coefficient (Wildman–Crippen LogP) is 1.59. The van der Waals surface area contributed by atoms with E-state index in [1.54, 1.807) is 21.3 Å². The standard InChI is InChI=1S/C17H29N3O3/c1-18-17(19-10-7-11-23-13-12-21-2)20-14-16(22-3)15-8-5-4-6-9-15/h4-6,8-9,16H,7,10-14H2,1-3H3,(H2,18,19,20). The maximum Gasteiger partial charge on any atom is 0.191 e. The summed E-state index contributed by atoms with van der Waals surface area (Å²) in [6.07, 6.45) is 0.906. The van der Waals surface area contributed by atoms with E-state index in [0.29, 0.717) is 26.4 Å². The van der Waals surface area contributed by atoms with E-state index in [4.69, 9.17) is 14.2 Å². The summed E-state index contributed by atoms with van der Waals surface area (Å²) < 4.78 is 15.9. The number of guanidine groups is 1. The predicted molar refractivity (Wildman–Crippen MR) is 92.9 cm³/mol. The zero-order valence-electron chi connectivity index (χ0n) is 14.4. The summed E-state index contributed by atoms with van der Waals surface area (Å²) in [7, 11) is 5.14. The van der Waals surface area contributed by atoms with E-state index in [-0.39, 0.29) is 6.10 Å². The number of methoxy groups -OCH3 is 2. The largest absolute Gasteiger partial charge is 0.382 e. The lowest BCUT2D eigenvalue weighted by Crippen LogP contribution is -2.40. The number of nitrogens with one attached hydrogen (secondary N) is 2. The Hall–Kier alpha value is -1.63. The highest BCUT2D eigenvalue weighted by molar-refractivity contribution is 5.79. The van der Waals surface area contributed by atoms with E-state index in [0.717, 1.165) is 24.5 Å². The van der Waals surface area contributed by atoms with Gasteiger partial charge in [-0.1, -0.05) is 30.3 Å². The number of hydrogen-bond donors (Lipinski definition) is 2. The van der Waals surface area contributed by atoms with E-state index in [1.165, 1.54) is 0 Å². The molecule has 23 heavy (non-hydrogen) atoms. The van der Waals surface area contributed by atoms with Gasteiger partial charge in [-0.15, -0.1) is 0 Å². The van der Waals surface area contributed by atoms with Gasteiger partial charge in [0, 0.05) is 41.0 Å². The third-order valence-corrected chi connectivity index (χ3v) is 3.32. The van der Waals surface area contributed by atoms with Gasteiger partial charge in [-0.2, -0.15) is 0 Å². The van der Waals surface area contributed by atoms with Crippen LogP contribution in [0.5, 0.6) is 0 Å². The lowest BCUT2D eigenvalue weighted by atomic mass is 10.1. The first kappa shape index (κ1) is 19.4. The maximum atomic E-state index is 5.53. The first-order valence-corrected chi connectivity index (χ1v) is 7.90. The molecule has 1 aromatic rings.